The molecule has 1 atom stereocenters. The number of carbonyl (C=O) groups is 2. The molecular weight excluding hydrogens is 338 g/mol. The van der Waals surface area contributed by atoms with E-state index >= 15 is 0 Å². The van der Waals surface area contributed by atoms with Crippen LogP contribution in [0.4, 0.5) is 5.69 Å². The zero-order valence-corrected chi connectivity index (χ0v) is 16.4. The Bertz CT molecular complexity index is 691. The van der Waals surface area contributed by atoms with E-state index in [0.717, 1.165) is 39.0 Å². The average Bonchev–Trinajstić information content (AvgIpc) is 3.10. The molecule has 3 aliphatic rings. The molecule has 1 aromatic carbocycles. The summed E-state index contributed by atoms with van der Waals surface area (Å²) >= 11 is 0. The molecule has 3 fully saturated rings. The molecule has 5 nitrogen and oxygen atoms in total. The van der Waals surface area contributed by atoms with E-state index in [9.17, 15) is 9.59 Å². The van der Waals surface area contributed by atoms with Gasteiger partial charge >= 0.3 is 0 Å². The van der Waals surface area contributed by atoms with Crippen LogP contribution in [0.1, 0.15) is 44.1 Å². The number of hydrogen-bond donors (Lipinski definition) is 0. The van der Waals surface area contributed by atoms with Crippen molar-refractivity contribution in [2.75, 3.05) is 37.6 Å². The average molecular weight is 370 g/mol. The lowest BCUT2D eigenvalue weighted by Gasteiger charge is -2.37. The first-order chi connectivity index (χ1) is 13.1. The Kier molecular flexibility index (Phi) is 5.37. The third kappa shape index (κ3) is 3.97. The van der Waals surface area contributed by atoms with Gasteiger partial charge in [0, 0.05) is 50.9 Å². The summed E-state index contributed by atoms with van der Waals surface area (Å²) in [7, 11) is 0. The van der Waals surface area contributed by atoms with Crippen molar-refractivity contribution >= 4 is 17.5 Å². The Morgan fingerprint density at radius 1 is 1.04 bits per heavy atom. The van der Waals surface area contributed by atoms with E-state index in [-0.39, 0.29) is 17.7 Å². The second-order valence-electron chi connectivity index (χ2n) is 8.39. The van der Waals surface area contributed by atoms with Crippen LogP contribution in [0, 0.1) is 12.8 Å². The summed E-state index contributed by atoms with van der Waals surface area (Å²) in [5.41, 5.74) is 2.50. The van der Waals surface area contributed by atoms with Gasteiger partial charge in [0.15, 0.2) is 0 Å². The second kappa shape index (κ2) is 7.91. The van der Waals surface area contributed by atoms with Crippen LogP contribution in [0.25, 0.3) is 0 Å². The van der Waals surface area contributed by atoms with Gasteiger partial charge in [-0.25, -0.2) is 0 Å². The summed E-state index contributed by atoms with van der Waals surface area (Å²) < 4.78 is 0. The molecule has 0 bridgehead atoms. The van der Waals surface area contributed by atoms with Gasteiger partial charge < -0.3 is 14.7 Å². The van der Waals surface area contributed by atoms with Gasteiger partial charge in [-0.2, -0.15) is 0 Å². The topological polar surface area (TPSA) is 43.9 Å². The molecule has 2 aliphatic heterocycles. The smallest absolute Gasteiger partial charge is 0.228 e. The SMILES string of the molecule is Cc1cccc(N2CCN(C(=O)C3CC(=O)N(C4CCCCC4)C3)CC2)c1. The lowest BCUT2D eigenvalue weighted by atomic mass is 9.94. The zero-order valence-electron chi connectivity index (χ0n) is 16.4. The van der Waals surface area contributed by atoms with Crippen molar-refractivity contribution in [3.05, 3.63) is 29.8 Å². The molecule has 1 saturated carbocycles. The summed E-state index contributed by atoms with van der Waals surface area (Å²) in [4.78, 5) is 31.8. The molecule has 0 radical (unpaired) electrons. The third-order valence-electron chi connectivity index (χ3n) is 6.48. The Morgan fingerprint density at radius 3 is 2.48 bits per heavy atom. The number of hydrogen-bond acceptors (Lipinski definition) is 3. The zero-order chi connectivity index (χ0) is 18.8. The molecule has 2 saturated heterocycles. The maximum absolute atomic E-state index is 13.0. The minimum absolute atomic E-state index is 0.134. The van der Waals surface area contributed by atoms with Crippen molar-refractivity contribution in [3.63, 3.8) is 0 Å². The Labute approximate surface area is 162 Å². The van der Waals surface area contributed by atoms with E-state index in [1.165, 1.54) is 30.5 Å². The second-order valence-corrected chi connectivity index (χ2v) is 8.39. The molecule has 1 aliphatic carbocycles. The molecule has 4 rings (SSSR count). The molecule has 2 amide bonds. The number of anilines is 1. The van der Waals surface area contributed by atoms with E-state index in [0.29, 0.717) is 19.0 Å². The number of benzene rings is 1. The molecule has 0 aromatic heterocycles. The maximum Gasteiger partial charge on any atom is 0.228 e. The summed E-state index contributed by atoms with van der Waals surface area (Å²) in [6, 6.07) is 8.92. The van der Waals surface area contributed by atoms with Crippen LogP contribution >= 0.6 is 0 Å². The normalized spacial score (nSPS) is 24.6. The van der Waals surface area contributed by atoms with E-state index in [2.05, 4.69) is 36.1 Å². The summed E-state index contributed by atoms with van der Waals surface area (Å²) in [6.07, 6.45) is 6.35. The van der Waals surface area contributed by atoms with Crippen LogP contribution in [-0.4, -0.2) is 60.4 Å². The molecular formula is C22H31N3O2. The highest BCUT2D eigenvalue weighted by Gasteiger charge is 2.40. The van der Waals surface area contributed by atoms with Crippen LogP contribution in [0.3, 0.4) is 0 Å². The highest BCUT2D eigenvalue weighted by atomic mass is 16.2. The minimum Gasteiger partial charge on any atom is -0.368 e. The summed E-state index contributed by atoms with van der Waals surface area (Å²) in [5, 5.41) is 0. The molecule has 146 valence electrons. The number of likely N-dealkylation sites (tertiary alicyclic amines) is 1. The predicted molar refractivity (Wildman–Crippen MR) is 107 cm³/mol. The van der Waals surface area contributed by atoms with Gasteiger partial charge in [-0.15, -0.1) is 0 Å². The van der Waals surface area contributed by atoms with Gasteiger partial charge in [-0.1, -0.05) is 31.4 Å². The van der Waals surface area contributed by atoms with Crippen molar-refractivity contribution in [1.82, 2.24) is 9.80 Å². The van der Waals surface area contributed by atoms with E-state index in [1.54, 1.807) is 0 Å². The van der Waals surface area contributed by atoms with Crippen LogP contribution < -0.4 is 4.90 Å². The van der Waals surface area contributed by atoms with Crippen molar-refractivity contribution in [2.45, 2.75) is 51.5 Å². The van der Waals surface area contributed by atoms with Crippen molar-refractivity contribution in [3.8, 4) is 0 Å². The van der Waals surface area contributed by atoms with Gasteiger partial charge in [-0.3, -0.25) is 9.59 Å². The van der Waals surface area contributed by atoms with Gasteiger partial charge in [0.2, 0.25) is 11.8 Å². The monoisotopic (exact) mass is 369 g/mol. The molecule has 0 N–H and O–H groups in total. The molecule has 1 unspecified atom stereocenters. The maximum atomic E-state index is 13.0. The Morgan fingerprint density at radius 2 is 1.78 bits per heavy atom. The van der Waals surface area contributed by atoms with E-state index in [1.807, 2.05) is 9.80 Å². The third-order valence-corrected chi connectivity index (χ3v) is 6.48. The fraction of sp³-hybridized carbons (Fsp3) is 0.636. The predicted octanol–water partition coefficient (Wildman–Crippen LogP) is 2.82. The number of aryl methyl sites for hydroxylation is 1. The number of nitrogens with zero attached hydrogens (tertiary/aromatic N) is 3. The minimum atomic E-state index is -0.134. The van der Waals surface area contributed by atoms with Crippen molar-refractivity contribution in [2.24, 2.45) is 5.92 Å². The molecule has 27 heavy (non-hydrogen) atoms. The number of amides is 2. The fourth-order valence-corrected chi connectivity index (χ4v) is 4.91. The fourth-order valence-electron chi connectivity index (χ4n) is 4.91. The lowest BCUT2D eigenvalue weighted by Crippen LogP contribution is -2.51. The molecule has 1 aromatic rings. The van der Waals surface area contributed by atoms with Gasteiger partial charge in [0.1, 0.15) is 0 Å². The van der Waals surface area contributed by atoms with Gasteiger partial charge in [0.25, 0.3) is 0 Å². The van der Waals surface area contributed by atoms with E-state index in [4.69, 9.17) is 0 Å². The van der Waals surface area contributed by atoms with Crippen LogP contribution in [0.5, 0.6) is 0 Å². The summed E-state index contributed by atoms with van der Waals surface area (Å²) in [5.74, 6) is 0.245. The van der Waals surface area contributed by atoms with Gasteiger partial charge in [-0.05, 0) is 37.5 Å². The van der Waals surface area contributed by atoms with Gasteiger partial charge in [0.05, 0.1) is 5.92 Å². The van der Waals surface area contributed by atoms with Crippen molar-refractivity contribution < 1.29 is 9.59 Å². The van der Waals surface area contributed by atoms with Crippen molar-refractivity contribution in [1.29, 1.82) is 0 Å². The molecule has 0 spiro atoms. The first kappa shape index (κ1) is 18.3. The number of piperazine rings is 1. The number of rotatable bonds is 3. The first-order valence-corrected chi connectivity index (χ1v) is 10.5. The van der Waals surface area contributed by atoms with E-state index < -0.39 is 0 Å². The Balaban J connectivity index is 1.32. The highest BCUT2D eigenvalue weighted by Crippen LogP contribution is 2.30. The number of carbonyl (C=O) groups excluding carboxylic acids is 2. The largest absolute Gasteiger partial charge is 0.368 e. The summed E-state index contributed by atoms with van der Waals surface area (Å²) in [6.45, 7) is 5.98. The van der Waals surface area contributed by atoms with Crippen LogP contribution in [0.2, 0.25) is 0 Å². The lowest BCUT2D eigenvalue weighted by molar-refractivity contribution is -0.136. The molecule has 5 heteroatoms. The first-order valence-electron chi connectivity index (χ1n) is 10.5. The standard InChI is InChI=1S/C22H31N3O2/c1-17-6-5-9-20(14-17)23-10-12-24(13-11-23)22(27)18-15-21(26)25(16-18)19-7-3-2-4-8-19/h5-6,9,14,18-19H,2-4,7-8,10-13,15-16H2,1H3. The Hall–Kier alpha value is -2.04. The molecule has 2 heterocycles. The highest BCUT2D eigenvalue weighted by molar-refractivity contribution is 5.89. The quantitative estimate of drug-likeness (QED) is 0.823. The van der Waals surface area contributed by atoms with Crippen LogP contribution in [0.15, 0.2) is 24.3 Å². The van der Waals surface area contributed by atoms with Crippen LogP contribution in [-0.2, 0) is 9.59 Å².